The first-order valence-electron chi connectivity index (χ1n) is 15.3. The van der Waals surface area contributed by atoms with Gasteiger partial charge in [-0.2, -0.15) is 0 Å². The second-order valence-electron chi connectivity index (χ2n) is 12.2. The minimum Gasteiger partial charge on any atom is -0.496 e. The molecule has 0 spiro atoms. The number of H-pyrrole nitrogens is 1. The molecule has 43 heavy (non-hydrogen) atoms. The van der Waals surface area contributed by atoms with Gasteiger partial charge in [-0.05, 0) is 68.6 Å². The van der Waals surface area contributed by atoms with E-state index in [4.69, 9.17) is 9.47 Å². The zero-order valence-electron chi connectivity index (χ0n) is 24.4. The molecule has 6 rings (SSSR count). The van der Waals surface area contributed by atoms with Crippen LogP contribution < -0.4 is 20.7 Å². The molecule has 230 valence electrons. The van der Waals surface area contributed by atoms with Crippen LogP contribution >= 0.6 is 0 Å². The molecule has 5 atom stereocenters. The SMILES string of the molecule is COc1cccc2[nH]c(C(=O)N3CC4CCCC4C3C(=O)NC(CC3CCNC3=O)C(=O)C(=O)NC3CCOCC3)cc12. The number of fused-ring (bicyclic) bond motifs is 2. The van der Waals surface area contributed by atoms with Crippen LogP contribution in [0, 0.1) is 17.8 Å². The number of Topliss-reactive ketones (excluding diaryl/α,β-unsaturated/α-hetero) is 1. The van der Waals surface area contributed by atoms with Gasteiger partial charge in [0.1, 0.15) is 17.5 Å². The molecule has 4 N–H and O–H groups in total. The molecule has 2 aromatic rings. The molecule has 1 aromatic heterocycles. The van der Waals surface area contributed by atoms with E-state index in [0.717, 1.165) is 30.2 Å². The van der Waals surface area contributed by atoms with Gasteiger partial charge in [-0.25, -0.2) is 0 Å². The van der Waals surface area contributed by atoms with Gasteiger partial charge in [0.25, 0.3) is 11.8 Å². The fourth-order valence-electron chi connectivity index (χ4n) is 7.33. The van der Waals surface area contributed by atoms with Gasteiger partial charge in [0.05, 0.1) is 13.2 Å². The van der Waals surface area contributed by atoms with Gasteiger partial charge in [-0.3, -0.25) is 24.0 Å². The van der Waals surface area contributed by atoms with Crippen molar-refractivity contribution in [1.29, 1.82) is 0 Å². The fourth-order valence-corrected chi connectivity index (χ4v) is 7.33. The van der Waals surface area contributed by atoms with Crippen molar-refractivity contribution < 1.29 is 33.4 Å². The molecule has 1 aromatic carbocycles. The van der Waals surface area contributed by atoms with E-state index in [0.29, 0.717) is 57.0 Å². The molecule has 4 aliphatic rings. The average molecular weight is 594 g/mol. The number of nitrogens with zero attached hydrogens (tertiary/aromatic N) is 1. The number of aromatic amines is 1. The minimum atomic E-state index is -1.18. The highest BCUT2D eigenvalue weighted by molar-refractivity contribution is 6.38. The Bertz CT molecular complexity index is 1420. The Hall–Kier alpha value is -3.93. The van der Waals surface area contributed by atoms with Crippen molar-refractivity contribution in [3.8, 4) is 5.75 Å². The second-order valence-corrected chi connectivity index (χ2v) is 12.2. The predicted octanol–water partition coefficient (Wildman–Crippen LogP) is 1.29. The smallest absolute Gasteiger partial charge is 0.289 e. The average Bonchev–Trinajstić information content (AvgIpc) is 3.80. The zero-order chi connectivity index (χ0) is 30.1. The summed E-state index contributed by atoms with van der Waals surface area (Å²) in [5.74, 6) is -2.25. The summed E-state index contributed by atoms with van der Waals surface area (Å²) in [5, 5.41) is 9.16. The van der Waals surface area contributed by atoms with E-state index in [1.165, 1.54) is 0 Å². The van der Waals surface area contributed by atoms with Crippen LogP contribution in [-0.2, 0) is 23.9 Å². The molecule has 1 aliphatic carbocycles. The van der Waals surface area contributed by atoms with E-state index in [1.54, 1.807) is 18.1 Å². The van der Waals surface area contributed by atoms with E-state index in [-0.39, 0.29) is 36.1 Å². The van der Waals surface area contributed by atoms with Crippen LogP contribution in [0.15, 0.2) is 24.3 Å². The number of methoxy groups -OCH3 is 1. The Labute approximate surface area is 249 Å². The van der Waals surface area contributed by atoms with Gasteiger partial charge in [-0.15, -0.1) is 0 Å². The molecule has 12 nitrogen and oxygen atoms in total. The molecule has 12 heteroatoms. The molecule has 3 aliphatic heterocycles. The zero-order valence-corrected chi connectivity index (χ0v) is 24.4. The van der Waals surface area contributed by atoms with Crippen LogP contribution in [0.1, 0.15) is 55.4 Å². The first-order valence-corrected chi connectivity index (χ1v) is 15.3. The van der Waals surface area contributed by atoms with Crippen molar-refractivity contribution in [1.82, 2.24) is 25.8 Å². The number of ether oxygens (including phenoxy) is 2. The maximum Gasteiger partial charge on any atom is 0.289 e. The summed E-state index contributed by atoms with van der Waals surface area (Å²) in [6.45, 7) is 1.91. The number of carbonyl (C=O) groups excluding carboxylic acids is 5. The van der Waals surface area contributed by atoms with E-state index < -0.39 is 35.6 Å². The number of carbonyl (C=O) groups is 5. The molecule has 0 radical (unpaired) electrons. The Balaban J connectivity index is 1.23. The van der Waals surface area contributed by atoms with E-state index in [9.17, 15) is 24.0 Å². The number of aromatic nitrogens is 1. The Kier molecular flexibility index (Phi) is 8.38. The third kappa shape index (κ3) is 5.84. The van der Waals surface area contributed by atoms with Crippen LogP contribution in [0.2, 0.25) is 0 Å². The lowest BCUT2D eigenvalue weighted by Crippen LogP contribution is -2.56. The van der Waals surface area contributed by atoms with Gasteiger partial charge < -0.3 is 35.3 Å². The molecule has 4 fully saturated rings. The Morgan fingerprint density at radius 2 is 1.93 bits per heavy atom. The number of amides is 4. The monoisotopic (exact) mass is 593 g/mol. The van der Waals surface area contributed by atoms with Crippen molar-refractivity contribution >= 4 is 40.3 Å². The van der Waals surface area contributed by atoms with Crippen LogP contribution in [0.5, 0.6) is 5.75 Å². The van der Waals surface area contributed by atoms with Gasteiger partial charge in [0.2, 0.25) is 17.6 Å². The van der Waals surface area contributed by atoms with Crippen molar-refractivity contribution in [3.05, 3.63) is 30.0 Å². The highest BCUT2D eigenvalue weighted by atomic mass is 16.5. The van der Waals surface area contributed by atoms with E-state index in [2.05, 4.69) is 20.9 Å². The largest absolute Gasteiger partial charge is 0.496 e. The number of benzene rings is 1. The number of hydrogen-bond donors (Lipinski definition) is 4. The number of likely N-dealkylation sites (tertiary alicyclic amines) is 1. The summed E-state index contributed by atoms with van der Waals surface area (Å²) in [5.41, 5.74) is 1.10. The molecular weight excluding hydrogens is 554 g/mol. The molecule has 5 unspecified atom stereocenters. The third-order valence-electron chi connectivity index (χ3n) is 9.59. The maximum absolute atomic E-state index is 14.1. The number of hydrogen-bond acceptors (Lipinski definition) is 7. The van der Waals surface area contributed by atoms with Crippen molar-refractivity contribution in [3.63, 3.8) is 0 Å². The van der Waals surface area contributed by atoms with Crippen molar-refractivity contribution in [2.24, 2.45) is 17.8 Å². The molecule has 4 heterocycles. The fraction of sp³-hybridized carbons (Fsp3) is 0.581. The quantitative estimate of drug-likeness (QED) is 0.319. The number of rotatable bonds is 9. The maximum atomic E-state index is 14.1. The van der Waals surface area contributed by atoms with Gasteiger partial charge >= 0.3 is 0 Å². The molecule has 3 saturated heterocycles. The lowest BCUT2D eigenvalue weighted by molar-refractivity contribution is -0.141. The molecular formula is C31H39N5O7. The summed E-state index contributed by atoms with van der Waals surface area (Å²) in [7, 11) is 1.57. The van der Waals surface area contributed by atoms with Crippen LogP contribution in [0.3, 0.4) is 0 Å². The standard InChI is InChI=1S/C31H39N5O7/c1-42-25-7-3-6-22-21(25)15-24(34-22)31(41)36-16-18-4-2-5-20(18)26(36)29(39)35-23(14-17-8-11-32-28(17)38)27(37)30(40)33-19-9-12-43-13-10-19/h3,6-7,15,17-20,23,26,34H,2,4-5,8-14,16H2,1H3,(H,32,38)(H,33,40)(H,35,39). The predicted molar refractivity (Wildman–Crippen MR) is 155 cm³/mol. The normalized spacial score (nSPS) is 26.2. The lowest BCUT2D eigenvalue weighted by Gasteiger charge is -2.29. The Morgan fingerprint density at radius 1 is 1.12 bits per heavy atom. The first-order chi connectivity index (χ1) is 20.8. The van der Waals surface area contributed by atoms with E-state index in [1.807, 2.05) is 18.2 Å². The van der Waals surface area contributed by atoms with Crippen LogP contribution in [-0.4, -0.2) is 90.8 Å². The summed E-state index contributed by atoms with van der Waals surface area (Å²) in [4.78, 5) is 71.7. The molecule has 4 amide bonds. The first kappa shape index (κ1) is 29.2. The highest BCUT2D eigenvalue weighted by Crippen LogP contribution is 2.43. The van der Waals surface area contributed by atoms with Gasteiger partial charge in [0.15, 0.2) is 0 Å². The third-order valence-corrected chi connectivity index (χ3v) is 9.59. The molecule has 0 bridgehead atoms. The van der Waals surface area contributed by atoms with Crippen LogP contribution in [0.25, 0.3) is 10.9 Å². The molecule has 1 saturated carbocycles. The highest BCUT2D eigenvalue weighted by Gasteiger charge is 2.50. The lowest BCUT2D eigenvalue weighted by atomic mass is 9.91. The van der Waals surface area contributed by atoms with E-state index >= 15 is 0 Å². The summed E-state index contributed by atoms with van der Waals surface area (Å²) < 4.78 is 10.8. The van der Waals surface area contributed by atoms with Crippen LogP contribution in [0.4, 0.5) is 0 Å². The topological polar surface area (TPSA) is 159 Å². The number of nitrogens with one attached hydrogen (secondary N) is 4. The summed E-state index contributed by atoms with van der Waals surface area (Å²) in [6.07, 6.45) is 4.41. The minimum absolute atomic E-state index is 0.0220. The summed E-state index contributed by atoms with van der Waals surface area (Å²) in [6, 6.07) is 5.09. The summed E-state index contributed by atoms with van der Waals surface area (Å²) >= 11 is 0. The Morgan fingerprint density at radius 3 is 2.67 bits per heavy atom. The second kappa shape index (κ2) is 12.4. The number of ketones is 1. The van der Waals surface area contributed by atoms with Gasteiger partial charge in [0, 0.05) is 49.2 Å². The van der Waals surface area contributed by atoms with Gasteiger partial charge in [-0.1, -0.05) is 12.5 Å². The van der Waals surface area contributed by atoms with Crippen molar-refractivity contribution in [2.75, 3.05) is 33.4 Å². The van der Waals surface area contributed by atoms with Crippen molar-refractivity contribution in [2.45, 2.75) is 63.1 Å².